The van der Waals surface area contributed by atoms with E-state index < -0.39 is 6.16 Å². The van der Waals surface area contributed by atoms with E-state index >= 15 is 0 Å². The average molecular weight is 585 g/mol. The van der Waals surface area contributed by atoms with Crippen molar-refractivity contribution in [1.29, 1.82) is 0 Å². The number of aryl methyl sites for hydroxylation is 1. The Bertz CT molecular complexity index is 1610. The predicted molar refractivity (Wildman–Crippen MR) is 161 cm³/mol. The Morgan fingerprint density at radius 3 is 2.67 bits per heavy atom. The third kappa shape index (κ3) is 6.91. The summed E-state index contributed by atoms with van der Waals surface area (Å²) < 4.78 is 10.6. The van der Waals surface area contributed by atoms with Gasteiger partial charge in [0.05, 0.1) is 6.61 Å². The van der Waals surface area contributed by atoms with E-state index in [0.717, 1.165) is 45.5 Å². The lowest BCUT2D eigenvalue weighted by molar-refractivity contribution is -0.121. The summed E-state index contributed by atoms with van der Waals surface area (Å²) in [6.45, 7) is 3.05. The molecule has 0 aliphatic heterocycles. The van der Waals surface area contributed by atoms with E-state index in [0.29, 0.717) is 55.4 Å². The number of unbranched alkanes of at least 4 members (excludes halogenated alkanes) is 1. The number of ketones is 1. The highest BCUT2D eigenvalue weighted by Crippen LogP contribution is 2.47. The number of ether oxygens (including phenoxy) is 2. The average Bonchev–Trinajstić information content (AvgIpc) is 3.57. The summed E-state index contributed by atoms with van der Waals surface area (Å²) in [5.74, 6) is -0.195. The minimum Gasteiger partial charge on any atom is -0.432 e. The Morgan fingerprint density at radius 1 is 0.977 bits per heavy atom. The predicted octanol–water partition coefficient (Wildman–Crippen LogP) is 5.27. The van der Waals surface area contributed by atoms with Gasteiger partial charge in [0.2, 0.25) is 5.91 Å². The quantitative estimate of drug-likeness (QED) is 0.0921. The molecule has 0 radical (unpaired) electrons. The van der Waals surface area contributed by atoms with Crippen LogP contribution in [0.15, 0.2) is 60.7 Å². The molecule has 1 aromatic heterocycles. The van der Waals surface area contributed by atoms with E-state index in [-0.39, 0.29) is 24.2 Å². The lowest BCUT2D eigenvalue weighted by Gasteiger charge is -2.15. The fourth-order valence-corrected chi connectivity index (χ4v) is 5.49. The van der Waals surface area contributed by atoms with Crippen LogP contribution in [-0.2, 0) is 20.7 Å². The largest absolute Gasteiger partial charge is 0.535 e. The second-order valence-corrected chi connectivity index (χ2v) is 10.6. The van der Waals surface area contributed by atoms with Gasteiger partial charge < -0.3 is 14.8 Å². The lowest BCUT2D eigenvalue weighted by Crippen LogP contribution is -2.26. The SMILES string of the molecule is CCCCC(=O)c1cccc2c1-c1ccc(CCCC(=O)NCCOC)cc1C2COC(=O)On1nnc2ccccc21. The number of carbonyl (C=O) groups excluding carboxylic acids is 3. The molecule has 0 saturated heterocycles. The third-order valence-electron chi connectivity index (χ3n) is 7.64. The number of Topliss-reactive ketones (excluding diaryl/α,β-unsaturated/α-hetero) is 1. The van der Waals surface area contributed by atoms with Gasteiger partial charge in [0, 0.05) is 38.0 Å². The van der Waals surface area contributed by atoms with Crippen molar-refractivity contribution in [3.05, 3.63) is 82.9 Å². The molecule has 5 rings (SSSR count). The normalized spacial score (nSPS) is 13.4. The molecule has 224 valence electrons. The molecule has 1 N–H and O–H groups in total. The van der Waals surface area contributed by atoms with Gasteiger partial charge in [-0.15, -0.1) is 5.10 Å². The molecule has 1 amide bonds. The number of rotatable bonds is 14. The van der Waals surface area contributed by atoms with E-state index in [9.17, 15) is 14.4 Å². The molecular weight excluding hydrogens is 548 g/mol. The molecule has 3 aromatic carbocycles. The summed E-state index contributed by atoms with van der Waals surface area (Å²) in [6.07, 6.45) is 3.13. The summed E-state index contributed by atoms with van der Waals surface area (Å²) in [7, 11) is 1.60. The molecule has 0 bridgehead atoms. The van der Waals surface area contributed by atoms with E-state index in [2.05, 4.69) is 28.6 Å². The maximum Gasteiger partial charge on any atom is 0.535 e. The van der Waals surface area contributed by atoms with Crippen LogP contribution in [0.4, 0.5) is 4.79 Å². The Morgan fingerprint density at radius 2 is 1.84 bits per heavy atom. The Hall–Kier alpha value is -4.57. The fourth-order valence-electron chi connectivity index (χ4n) is 5.49. The Labute approximate surface area is 250 Å². The molecular formula is C33H36N4O6. The van der Waals surface area contributed by atoms with Gasteiger partial charge in [-0.3, -0.25) is 14.4 Å². The number of nitrogens with zero attached hydrogens (tertiary/aromatic N) is 3. The number of hydrogen-bond acceptors (Lipinski definition) is 8. The first-order chi connectivity index (χ1) is 21.0. The number of amides is 1. The van der Waals surface area contributed by atoms with Crippen LogP contribution in [0.2, 0.25) is 0 Å². The molecule has 0 fully saturated rings. The number of methoxy groups -OCH3 is 1. The number of para-hydroxylation sites is 1. The maximum atomic E-state index is 13.2. The zero-order valence-corrected chi connectivity index (χ0v) is 24.5. The Kier molecular flexibility index (Phi) is 9.78. The van der Waals surface area contributed by atoms with Crippen molar-refractivity contribution in [1.82, 2.24) is 20.5 Å². The van der Waals surface area contributed by atoms with Crippen LogP contribution in [0.5, 0.6) is 0 Å². The molecule has 1 atom stereocenters. The van der Waals surface area contributed by atoms with Crippen LogP contribution in [0.3, 0.4) is 0 Å². The van der Waals surface area contributed by atoms with E-state index in [1.54, 1.807) is 25.3 Å². The number of nitrogens with one attached hydrogen (secondary N) is 1. The number of hydrogen-bond donors (Lipinski definition) is 1. The summed E-state index contributed by atoms with van der Waals surface area (Å²) in [5.41, 5.74) is 6.66. The van der Waals surface area contributed by atoms with Gasteiger partial charge in [0.1, 0.15) is 17.6 Å². The second-order valence-electron chi connectivity index (χ2n) is 10.6. The van der Waals surface area contributed by atoms with Gasteiger partial charge in [0.15, 0.2) is 5.78 Å². The number of fused-ring (bicyclic) bond motifs is 4. The standard InChI is InChI=1S/C33H36N4O6/c1-3-4-14-30(38)25-11-8-10-23-27(21-42-33(40)43-37-29-13-6-5-12-28(29)35-36-37)26-20-22(16-17-24(26)32(23)25)9-7-15-31(39)34-18-19-41-2/h5-6,8,10-13,16-17,20,27H,3-4,7,9,14-15,18-19,21H2,1-2H3,(H,34,39). The molecule has 4 aromatic rings. The monoisotopic (exact) mass is 584 g/mol. The zero-order chi connectivity index (χ0) is 30.2. The van der Waals surface area contributed by atoms with Gasteiger partial charge in [-0.05, 0) is 64.4 Å². The first kappa shape index (κ1) is 29.9. The number of aromatic nitrogens is 3. The molecule has 43 heavy (non-hydrogen) atoms. The molecule has 10 heteroatoms. The highest BCUT2D eigenvalue weighted by atomic mass is 16.8. The first-order valence-electron chi connectivity index (χ1n) is 14.7. The summed E-state index contributed by atoms with van der Waals surface area (Å²) in [5, 5.41) is 10.7. The summed E-state index contributed by atoms with van der Waals surface area (Å²) >= 11 is 0. The molecule has 10 nitrogen and oxygen atoms in total. The van der Waals surface area contributed by atoms with Gasteiger partial charge in [-0.2, -0.15) is 0 Å². The molecule has 1 heterocycles. The fraction of sp³-hybridized carbons (Fsp3) is 0.364. The van der Waals surface area contributed by atoms with Crippen molar-refractivity contribution in [2.45, 2.75) is 51.4 Å². The van der Waals surface area contributed by atoms with Gasteiger partial charge in [-0.25, -0.2) is 4.79 Å². The molecule has 0 saturated carbocycles. The van der Waals surface area contributed by atoms with Crippen molar-refractivity contribution in [2.75, 3.05) is 26.9 Å². The van der Waals surface area contributed by atoms with Crippen molar-refractivity contribution >= 4 is 28.9 Å². The highest BCUT2D eigenvalue weighted by molar-refractivity contribution is 6.04. The van der Waals surface area contributed by atoms with Crippen LogP contribution in [0.25, 0.3) is 22.2 Å². The topological polar surface area (TPSA) is 122 Å². The summed E-state index contributed by atoms with van der Waals surface area (Å²) in [6, 6.07) is 19.1. The van der Waals surface area contributed by atoms with Gasteiger partial charge >= 0.3 is 6.16 Å². The van der Waals surface area contributed by atoms with Crippen molar-refractivity contribution < 1.29 is 28.7 Å². The molecule has 0 spiro atoms. The minimum absolute atomic E-state index is 0.00852. The van der Waals surface area contributed by atoms with Crippen LogP contribution < -0.4 is 10.2 Å². The smallest absolute Gasteiger partial charge is 0.432 e. The van der Waals surface area contributed by atoms with Gasteiger partial charge in [0.25, 0.3) is 0 Å². The maximum absolute atomic E-state index is 13.2. The van der Waals surface area contributed by atoms with Crippen LogP contribution >= 0.6 is 0 Å². The van der Waals surface area contributed by atoms with E-state index in [4.69, 9.17) is 14.3 Å². The Balaban J connectivity index is 1.35. The number of carbonyl (C=O) groups is 3. The van der Waals surface area contributed by atoms with E-state index in [1.165, 1.54) is 0 Å². The molecule has 1 aliphatic carbocycles. The minimum atomic E-state index is -0.906. The first-order valence-corrected chi connectivity index (χ1v) is 14.7. The summed E-state index contributed by atoms with van der Waals surface area (Å²) in [4.78, 5) is 44.5. The lowest BCUT2D eigenvalue weighted by atomic mass is 9.93. The molecule has 1 aliphatic rings. The number of benzene rings is 3. The van der Waals surface area contributed by atoms with Gasteiger partial charge in [-0.1, -0.05) is 66.7 Å². The molecule has 1 unspecified atom stereocenters. The van der Waals surface area contributed by atoms with Crippen LogP contribution in [0, 0.1) is 0 Å². The zero-order valence-electron chi connectivity index (χ0n) is 24.5. The third-order valence-corrected chi connectivity index (χ3v) is 7.64. The van der Waals surface area contributed by atoms with Crippen LogP contribution in [0.1, 0.15) is 72.0 Å². The second kappa shape index (κ2) is 14.1. The highest BCUT2D eigenvalue weighted by Gasteiger charge is 2.33. The van der Waals surface area contributed by atoms with E-state index in [1.807, 2.05) is 36.4 Å². The van der Waals surface area contributed by atoms with Crippen LogP contribution in [-0.4, -0.2) is 59.9 Å². The van der Waals surface area contributed by atoms with Crippen molar-refractivity contribution in [3.63, 3.8) is 0 Å². The van der Waals surface area contributed by atoms with Crippen molar-refractivity contribution in [3.8, 4) is 11.1 Å². The van der Waals surface area contributed by atoms with Crippen molar-refractivity contribution in [2.24, 2.45) is 0 Å².